The lowest BCUT2D eigenvalue weighted by Gasteiger charge is -2.06. The lowest BCUT2D eigenvalue weighted by Crippen LogP contribution is -1.99. The topological polar surface area (TPSA) is 43.8 Å². The van der Waals surface area contributed by atoms with E-state index in [0.717, 1.165) is 11.4 Å². The molecule has 3 heteroatoms. The SMILES string of the molecule is Cc1ccc(-c2cc(CN)nn2C)c(C)c1. The largest absolute Gasteiger partial charge is 0.325 e. The molecular formula is C13H17N3. The van der Waals surface area contributed by atoms with Gasteiger partial charge >= 0.3 is 0 Å². The van der Waals surface area contributed by atoms with Crippen molar-refractivity contribution in [2.45, 2.75) is 20.4 Å². The van der Waals surface area contributed by atoms with E-state index in [4.69, 9.17) is 5.73 Å². The summed E-state index contributed by atoms with van der Waals surface area (Å²) in [6.07, 6.45) is 0. The van der Waals surface area contributed by atoms with E-state index in [1.807, 2.05) is 11.7 Å². The van der Waals surface area contributed by atoms with Crippen molar-refractivity contribution in [2.24, 2.45) is 12.8 Å². The normalized spacial score (nSPS) is 10.8. The third kappa shape index (κ3) is 1.86. The molecule has 2 aromatic rings. The van der Waals surface area contributed by atoms with Crippen LogP contribution in [0.15, 0.2) is 24.3 Å². The van der Waals surface area contributed by atoms with Crippen LogP contribution in [0.2, 0.25) is 0 Å². The first kappa shape index (κ1) is 10.9. The lowest BCUT2D eigenvalue weighted by molar-refractivity contribution is 0.749. The Labute approximate surface area is 95.9 Å². The molecule has 1 heterocycles. The van der Waals surface area contributed by atoms with Gasteiger partial charge in [-0.15, -0.1) is 0 Å². The van der Waals surface area contributed by atoms with Gasteiger partial charge in [-0.25, -0.2) is 0 Å². The molecule has 0 amide bonds. The van der Waals surface area contributed by atoms with Crippen LogP contribution >= 0.6 is 0 Å². The van der Waals surface area contributed by atoms with Crippen LogP contribution in [0.25, 0.3) is 11.3 Å². The van der Waals surface area contributed by atoms with Crippen molar-refractivity contribution < 1.29 is 0 Å². The summed E-state index contributed by atoms with van der Waals surface area (Å²) >= 11 is 0. The number of nitrogens with zero attached hydrogens (tertiary/aromatic N) is 2. The summed E-state index contributed by atoms with van der Waals surface area (Å²) in [5.74, 6) is 0. The van der Waals surface area contributed by atoms with Crippen LogP contribution < -0.4 is 5.73 Å². The van der Waals surface area contributed by atoms with Crippen LogP contribution in [-0.2, 0) is 13.6 Å². The minimum Gasteiger partial charge on any atom is -0.325 e. The van der Waals surface area contributed by atoms with Gasteiger partial charge in [-0.2, -0.15) is 5.10 Å². The van der Waals surface area contributed by atoms with Crippen LogP contribution in [-0.4, -0.2) is 9.78 Å². The summed E-state index contributed by atoms with van der Waals surface area (Å²) < 4.78 is 1.89. The monoisotopic (exact) mass is 215 g/mol. The predicted octanol–water partition coefficient (Wildman–Crippen LogP) is 2.16. The van der Waals surface area contributed by atoms with Crippen LogP contribution in [0.3, 0.4) is 0 Å². The zero-order valence-corrected chi connectivity index (χ0v) is 9.99. The molecule has 3 nitrogen and oxygen atoms in total. The minimum absolute atomic E-state index is 0.485. The third-order valence-electron chi connectivity index (χ3n) is 2.80. The number of rotatable bonds is 2. The summed E-state index contributed by atoms with van der Waals surface area (Å²) in [5, 5.41) is 4.36. The molecule has 0 saturated carbocycles. The average Bonchev–Trinajstić information content (AvgIpc) is 2.60. The van der Waals surface area contributed by atoms with Gasteiger partial charge in [-0.3, -0.25) is 4.68 Å². The Morgan fingerprint density at radius 2 is 2.00 bits per heavy atom. The minimum atomic E-state index is 0.485. The first-order chi connectivity index (χ1) is 7.61. The van der Waals surface area contributed by atoms with Gasteiger partial charge in [0.2, 0.25) is 0 Å². The Balaban J connectivity index is 2.53. The van der Waals surface area contributed by atoms with Gasteiger partial charge in [0, 0.05) is 19.2 Å². The van der Waals surface area contributed by atoms with Gasteiger partial charge in [0.05, 0.1) is 11.4 Å². The number of aromatic nitrogens is 2. The van der Waals surface area contributed by atoms with Gasteiger partial charge in [0.25, 0.3) is 0 Å². The maximum Gasteiger partial charge on any atom is 0.0766 e. The van der Waals surface area contributed by atoms with Crippen LogP contribution in [0, 0.1) is 13.8 Å². The molecule has 0 spiro atoms. The maximum atomic E-state index is 5.60. The molecule has 84 valence electrons. The molecule has 0 radical (unpaired) electrons. The van der Waals surface area contributed by atoms with Crippen molar-refractivity contribution >= 4 is 0 Å². The van der Waals surface area contributed by atoms with Crippen molar-refractivity contribution in [1.82, 2.24) is 9.78 Å². The van der Waals surface area contributed by atoms with Gasteiger partial charge in [-0.05, 0) is 25.5 Å². The molecule has 0 unspecified atom stereocenters. The fraction of sp³-hybridized carbons (Fsp3) is 0.308. The van der Waals surface area contributed by atoms with Crippen molar-refractivity contribution in [1.29, 1.82) is 0 Å². The molecule has 16 heavy (non-hydrogen) atoms. The Kier molecular flexibility index (Phi) is 2.79. The first-order valence-electron chi connectivity index (χ1n) is 5.42. The second-order valence-corrected chi connectivity index (χ2v) is 4.17. The van der Waals surface area contributed by atoms with Crippen molar-refractivity contribution in [3.05, 3.63) is 41.1 Å². The highest BCUT2D eigenvalue weighted by atomic mass is 15.3. The molecule has 0 fully saturated rings. The van der Waals surface area contributed by atoms with Crippen molar-refractivity contribution in [3.8, 4) is 11.3 Å². The van der Waals surface area contributed by atoms with Crippen LogP contribution in [0.4, 0.5) is 0 Å². The standard InChI is InChI=1S/C13H17N3/c1-9-4-5-12(10(2)6-9)13-7-11(8-14)15-16(13)3/h4-7H,8,14H2,1-3H3. The second-order valence-electron chi connectivity index (χ2n) is 4.17. The van der Waals surface area contributed by atoms with E-state index in [1.54, 1.807) is 0 Å². The van der Waals surface area contributed by atoms with E-state index in [0.29, 0.717) is 6.54 Å². The molecule has 2 rings (SSSR count). The molecule has 1 aromatic heterocycles. The smallest absolute Gasteiger partial charge is 0.0766 e. The Bertz CT molecular complexity index is 512. The average molecular weight is 215 g/mol. The molecule has 0 aliphatic carbocycles. The molecule has 0 saturated heterocycles. The zero-order valence-electron chi connectivity index (χ0n) is 9.99. The van der Waals surface area contributed by atoms with E-state index in [9.17, 15) is 0 Å². The fourth-order valence-electron chi connectivity index (χ4n) is 1.98. The summed E-state index contributed by atoms with van der Waals surface area (Å²) in [4.78, 5) is 0. The number of hydrogen-bond acceptors (Lipinski definition) is 2. The quantitative estimate of drug-likeness (QED) is 0.834. The zero-order chi connectivity index (χ0) is 11.7. The Hall–Kier alpha value is -1.61. The van der Waals surface area contributed by atoms with E-state index < -0.39 is 0 Å². The Morgan fingerprint density at radius 1 is 1.25 bits per heavy atom. The molecule has 2 N–H and O–H groups in total. The van der Waals surface area contributed by atoms with Gasteiger partial charge in [-0.1, -0.05) is 23.8 Å². The molecule has 1 aromatic carbocycles. The highest BCUT2D eigenvalue weighted by Crippen LogP contribution is 2.24. The lowest BCUT2D eigenvalue weighted by atomic mass is 10.0. The molecular weight excluding hydrogens is 198 g/mol. The van der Waals surface area contributed by atoms with Gasteiger partial charge in [0.15, 0.2) is 0 Å². The van der Waals surface area contributed by atoms with Crippen LogP contribution in [0.1, 0.15) is 16.8 Å². The molecule has 0 aliphatic rings. The van der Waals surface area contributed by atoms with E-state index in [1.165, 1.54) is 16.7 Å². The summed E-state index contributed by atoms with van der Waals surface area (Å²) in [7, 11) is 1.95. The predicted molar refractivity (Wildman–Crippen MR) is 66.0 cm³/mol. The number of nitrogens with two attached hydrogens (primary N) is 1. The molecule has 0 bridgehead atoms. The van der Waals surface area contributed by atoms with Crippen molar-refractivity contribution in [2.75, 3.05) is 0 Å². The summed E-state index contributed by atoms with van der Waals surface area (Å²) in [5.41, 5.74) is 11.4. The second kappa shape index (κ2) is 4.10. The molecule has 0 atom stereocenters. The fourth-order valence-corrected chi connectivity index (χ4v) is 1.98. The van der Waals surface area contributed by atoms with E-state index >= 15 is 0 Å². The van der Waals surface area contributed by atoms with E-state index in [-0.39, 0.29) is 0 Å². The number of benzene rings is 1. The first-order valence-corrected chi connectivity index (χ1v) is 5.42. The number of hydrogen-bond donors (Lipinski definition) is 1. The third-order valence-corrected chi connectivity index (χ3v) is 2.80. The highest BCUT2D eigenvalue weighted by molar-refractivity contribution is 5.64. The maximum absolute atomic E-state index is 5.60. The summed E-state index contributed by atoms with van der Waals surface area (Å²) in [6.45, 7) is 4.71. The number of aryl methyl sites for hydroxylation is 3. The van der Waals surface area contributed by atoms with Gasteiger partial charge in [0.1, 0.15) is 0 Å². The van der Waals surface area contributed by atoms with Crippen molar-refractivity contribution in [3.63, 3.8) is 0 Å². The van der Waals surface area contributed by atoms with E-state index in [2.05, 4.69) is 43.2 Å². The highest BCUT2D eigenvalue weighted by Gasteiger charge is 2.08. The Morgan fingerprint density at radius 3 is 2.56 bits per heavy atom. The molecule has 0 aliphatic heterocycles. The van der Waals surface area contributed by atoms with Crippen LogP contribution in [0.5, 0.6) is 0 Å². The van der Waals surface area contributed by atoms with Gasteiger partial charge < -0.3 is 5.73 Å². The summed E-state index contributed by atoms with van der Waals surface area (Å²) in [6, 6.07) is 8.50.